The number of hydrogen-bond donors (Lipinski definition) is 2. The maximum Gasteiger partial charge on any atom is 0.190 e. The third-order valence-electron chi connectivity index (χ3n) is 5.62. The van der Waals surface area contributed by atoms with Gasteiger partial charge in [0.05, 0.1) is 10.9 Å². The minimum atomic E-state index is -0.889. The molecule has 2 N–H and O–H groups in total. The quantitative estimate of drug-likeness (QED) is 0.713. The zero-order chi connectivity index (χ0) is 18.3. The van der Waals surface area contributed by atoms with Gasteiger partial charge in [0.25, 0.3) is 0 Å². The highest BCUT2D eigenvalue weighted by Gasteiger charge is 2.47. The van der Waals surface area contributed by atoms with E-state index in [0.717, 1.165) is 5.57 Å². The van der Waals surface area contributed by atoms with Crippen LogP contribution in [0.2, 0.25) is 0 Å². The number of Topliss-reactive ketones (excluding diaryl/α,β-unsaturated/α-hetero) is 1. The summed E-state index contributed by atoms with van der Waals surface area (Å²) in [4.78, 5) is 25.2. The topological polar surface area (TPSA) is 87.7 Å². The highest BCUT2D eigenvalue weighted by atomic mass is 16.4. The maximum atomic E-state index is 12.8. The minimum Gasteiger partial charge on any atom is -0.506 e. The van der Waals surface area contributed by atoms with Gasteiger partial charge >= 0.3 is 0 Å². The number of carbonyl (C=O) groups excluding carboxylic acids is 2. The number of benzene rings is 1. The molecule has 5 nitrogen and oxygen atoms in total. The van der Waals surface area contributed by atoms with Crippen LogP contribution in [0.25, 0.3) is 11.0 Å². The molecule has 1 heterocycles. The van der Waals surface area contributed by atoms with E-state index < -0.39 is 5.41 Å². The predicted molar refractivity (Wildman–Crippen MR) is 92.0 cm³/mol. The summed E-state index contributed by atoms with van der Waals surface area (Å²) in [6.45, 7) is 7.07. The van der Waals surface area contributed by atoms with Gasteiger partial charge in [-0.25, -0.2) is 0 Å². The molecule has 0 unspecified atom stereocenters. The summed E-state index contributed by atoms with van der Waals surface area (Å²) >= 11 is 0. The van der Waals surface area contributed by atoms with Crippen molar-refractivity contribution in [2.24, 2.45) is 0 Å². The number of furan rings is 1. The van der Waals surface area contributed by atoms with Crippen molar-refractivity contribution in [1.29, 1.82) is 0 Å². The second-order valence-electron chi connectivity index (χ2n) is 7.15. The third-order valence-corrected chi connectivity index (χ3v) is 5.62. The molecule has 0 saturated carbocycles. The summed E-state index contributed by atoms with van der Waals surface area (Å²) in [6, 6.07) is 1.58. The van der Waals surface area contributed by atoms with Gasteiger partial charge < -0.3 is 14.6 Å². The van der Waals surface area contributed by atoms with Crippen molar-refractivity contribution in [1.82, 2.24) is 0 Å². The van der Waals surface area contributed by atoms with Crippen molar-refractivity contribution >= 4 is 22.5 Å². The van der Waals surface area contributed by atoms with Crippen molar-refractivity contribution in [3.05, 3.63) is 45.7 Å². The Morgan fingerprint density at radius 1 is 1.08 bits per heavy atom. The monoisotopic (exact) mass is 338 g/mol. The number of rotatable bonds is 0. The predicted octanol–water partition coefficient (Wildman–Crippen LogP) is 3.84. The van der Waals surface area contributed by atoms with Crippen molar-refractivity contribution < 1.29 is 24.2 Å². The van der Waals surface area contributed by atoms with Gasteiger partial charge in [-0.15, -0.1) is 0 Å². The largest absolute Gasteiger partial charge is 0.506 e. The van der Waals surface area contributed by atoms with Gasteiger partial charge in [0, 0.05) is 17.4 Å². The molecule has 0 aliphatic heterocycles. The molecular weight excluding hydrogens is 320 g/mol. The Morgan fingerprint density at radius 2 is 1.76 bits per heavy atom. The zero-order valence-electron chi connectivity index (χ0n) is 14.5. The van der Waals surface area contributed by atoms with Crippen LogP contribution in [0.4, 0.5) is 0 Å². The normalized spacial score (nSPS) is 23.0. The second kappa shape index (κ2) is 4.63. The summed E-state index contributed by atoms with van der Waals surface area (Å²) in [7, 11) is 0. The van der Waals surface area contributed by atoms with E-state index in [1.807, 2.05) is 6.92 Å². The highest BCUT2D eigenvalue weighted by molar-refractivity contribution is 6.16. The fourth-order valence-corrected chi connectivity index (χ4v) is 4.20. The van der Waals surface area contributed by atoms with E-state index in [2.05, 4.69) is 0 Å². The molecular formula is C20H18O5. The number of carbonyl (C=O) groups is 2. The Bertz CT molecular complexity index is 1060. The first kappa shape index (κ1) is 15.7. The molecule has 0 fully saturated rings. The first-order valence-electron chi connectivity index (χ1n) is 8.13. The number of ketones is 2. The van der Waals surface area contributed by atoms with E-state index in [1.165, 1.54) is 6.08 Å². The summed E-state index contributed by atoms with van der Waals surface area (Å²) in [5.74, 6) is -0.292. The molecule has 0 radical (unpaired) electrons. The molecule has 25 heavy (non-hydrogen) atoms. The van der Waals surface area contributed by atoms with E-state index in [4.69, 9.17) is 4.42 Å². The van der Waals surface area contributed by atoms with Gasteiger partial charge in [-0.2, -0.15) is 0 Å². The Labute approximate surface area is 144 Å². The Hall–Kier alpha value is -2.82. The van der Waals surface area contributed by atoms with Crippen LogP contribution in [-0.2, 0) is 10.2 Å². The summed E-state index contributed by atoms with van der Waals surface area (Å²) in [5, 5.41) is 21.9. The van der Waals surface area contributed by atoms with Crippen LogP contribution in [0.15, 0.2) is 33.3 Å². The van der Waals surface area contributed by atoms with Crippen molar-refractivity contribution in [2.75, 3.05) is 0 Å². The van der Waals surface area contributed by atoms with Gasteiger partial charge in [-0.05, 0) is 49.6 Å². The van der Waals surface area contributed by atoms with Crippen LogP contribution in [0.1, 0.15) is 48.9 Å². The molecule has 2 aliphatic rings. The zero-order valence-corrected chi connectivity index (χ0v) is 14.5. The lowest BCUT2D eigenvalue weighted by atomic mass is 9.61. The lowest BCUT2D eigenvalue weighted by Crippen LogP contribution is -2.38. The molecule has 0 saturated heterocycles. The second-order valence-corrected chi connectivity index (χ2v) is 7.15. The molecule has 1 aromatic carbocycles. The summed E-state index contributed by atoms with van der Waals surface area (Å²) < 4.78 is 5.54. The number of hydrogen-bond acceptors (Lipinski definition) is 5. The molecule has 0 spiro atoms. The fourth-order valence-electron chi connectivity index (χ4n) is 4.20. The Morgan fingerprint density at radius 3 is 2.44 bits per heavy atom. The number of fused-ring (bicyclic) bond motifs is 4. The number of aromatic hydroxyl groups is 2. The number of phenols is 2. The van der Waals surface area contributed by atoms with E-state index in [0.29, 0.717) is 22.3 Å². The van der Waals surface area contributed by atoms with Crippen LogP contribution in [0.5, 0.6) is 11.5 Å². The molecule has 1 aromatic heterocycles. The molecule has 5 heteroatoms. The molecule has 2 aliphatic carbocycles. The van der Waals surface area contributed by atoms with Crippen LogP contribution in [-0.4, -0.2) is 21.8 Å². The first-order chi connectivity index (χ1) is 11.7. The van der Waals surface area contributed by atoms with E-state index in [9.17, 15) is 19.8 Å². The molecule has 0 bridgehead atoms. The van der Waals surface area contributed by atoms with Gasteiger partial charge in [-0.3, -0.25) is 9.59 Å². The minimum absolute atomic E-state index is 0.0351. The first-order valence-corrected chi connectivity index (χ1v) is 8.13. The van der Waals surface area contributed by atoms with Crippen LogP contribution < -0.4 is 0 Å². The van der Waals surface area contributed by atoms with Gasteiger partial charge in [0.1, 0.15) is 11.5 Å². The lowest BCUT2D eigenvalue weighted by molar-refractivity contribution is -0.116. The number of phenolic OH excluding ortho intramolecular Hbond substituents is 2. The van der Waals surface area contributed by atoms with Crippen molar-refractivity contribution in [3.8, 4) is 11.5 Å². The number of allylic oxidation sites excluding steroid dienone is 4. The summed E-state index contributed by atoms with van der Waals surface area (Å²) in [5.41, 5.74) is 1.65. The van der Waals surface area contributed by atoms with Crippen molar-refractivity contribution in [2.45, 2.75) is 39.5 Å². The van der Waals surface area contributed by atoms with E-state index >= 15 is 0 Å². The third kappa shape index (κ3) is 1.78. The molecule has 128 valence electrons. The van der Waals surface area contributed by atoms with Gasteiger partial charge in [0.2, 0.25) is 0 Å². The molecule has 2 aromatic rings. The Kier molecular flexibility index (Phi) is 2.90. The maximum absolute atomic E-state index is 12.8. The van der Waals surface area contributed by atoms with Gasteiger partial charge in [-0.1, -0.05) is 6.92 Å². The smallest absolute Gasteiger partial charge is 0.190 e. The standard InChI is InChI=1S/C20H18O5/c1-8-5-11-17(23)15-13(21)6-12-9(2)10(3)14(22)7-20(12,4)16(15)18(24)19(11)25-8/h5-6,23-24H,7H2,1-4H3/t20-/m0/s1. The Balaban J connectivity index is 2.17. The van der Waals surface area contributed by atoms with E-state index in [-0.39, 0.29) is 46.2 Å². The summed E-state index contributed by atoms with van der Waals surface area (Å²) in [6.07, 6.45) is 1.60. The SMILES string of the molecule is CC1=C(C)C2=CC(=O)c3c(c(O)c4oc(C)cc4c3O)[C@@]2(C)CC1=O. The fraction of sp³-hybridized carbons (Fsp3) is 0.300. The van der Waals surface area contributed by atoms with E-state index in [1.54, 1.807) is 26.8 Å². The van der Waals surface area contributed by atoms with Crippen LogP contribution >= 0.6 is 0 Å². The van der Waals surface area contributed by atoms with Crippen LogP contribution in [0, 0.1) is 6.92 Å². The average molecular weight is 338 g/mol. The molecule has 4 rings (SSSR count). The average Bonchev–Trinajstić information content (AvgIpc) is 2.94. The van der Waals surface area contributed by atoms with Crippen LogP contribution in [0.3, 0.4) is 0 Å². The number of aryl methyl sites for hydroxylation is 1. The molecule has 1 atom stereocenters. The lowest BCUT2D eigenvalue weighted by Gasteiger charge is -2.41. The van der Waals surface area contributed by atoms with Gasteiger partial charge in [0.15, 0.2) is 22.9 Å². The van der Waals surface area contributed by atoms with Crippen molar-refractivity contribution in [3.63, 3.8) is 0 Å². The molecule has 0 amide bonds. The highest BCUT2D eigenvalue weighted by Crippen LogP contribution is 2.55.